The molecule has 1 aromatic carbocycles. The average Bonchev–Trinajstić information content (AvgIpc) is 2.91. The first-order valence-corrected chi connectivity index (χ1v) is 5.90. The highest BCUT2D eigenvalue weighted by Gasteiger charge is 2.21. The molecule has 0 aliphatic carbocycles. The van der Waals surface area contributed by atoms with Gasteiger partial charge in [0.15, 0.2) is 11.5 Å². The maximum absolute atomic E-state index is 5.70. The summed E-state index contributed by atoms with van der Waals surface area (Å²) in [6.45, 7) is 2.32. The first-order valence-electron chi connectivity index (χ1n) is 5.90. The van der Waals surface area contributed by atoms with Crippen molar-refractivity contribution in [2.75, 3.05) is 25.2 Å². The second-order valence-corrected chi connectivity index (χ2v) is 4.16. The highest BCUT2D eigenvalue weighted by molar-refractivity contribution is 5.65. The molecule has 0 atom stereocenters. The molecule has 0 amide bonds. The van der Waals surface area contributed by atoms with Crippen LogP contribution < -0.4 is 14.4 Å². The van der Waals surface area contributed by atoms with E-state index in [2.05, 4.69) is 14.9 Å². The van der Waals surface area contributed by atoms with Crippen LogP contribution in [0.25, 0.3) is 0 Å². The number of nitrogens with zero attached hydrogens (tertiary/aromatic N) is 2. The van der Waals surface area contributed by atoms with Crippen LogP contribution >= 0.6 is 0 Å². The number of fused-ring (bicyclic) bond motifs is 1. The minimum absolute atomic E-state index is 0.668. The van der Waals surface area contributed by atoms with E-state index in [1.54, 1.807) is 13.4 Å². The fraction of sp³-hybridized carbons (Fsp3) is 0.308. The van der Waals surface area contributed by atoms with Crippen molar-refractivity contribution in [3.8, 4) is 11.5 Å². The van der Waals surface area contributed by atoms with Gasteiger partial charge < -0.3 is 19.4 Å². The summed E-state index contributed by atoms with van der Waals surface area (Å²) in [6, 6.07) is 5.94. The number of anilines is 1. The lowest BCUT2D eigenvalue weighted by atomic mass is 10.2. The molecule has 1 aromatic heterocycles. The van der Waals surface area contributed by atoms with Crippen molar-refractivity contribution in [3.05, 3.63) is 36.4 Å². The molecule has 5 heteroatoms. The Morgan fingerprint density at radius 3 is 3.22 bits per heavy atom. The standard InChI is InChI=1S/C13H15N3O2/c1-17-12-4-2-3-11-13(12)18-6-5-16(11)8-10-7-14-9-15-10/h2-4,7,9H,5-6,8H2,1H3,(H,14,15). The summed E-state index contributed by atoms with van der Waals surface area (Å²) >= 11 is 0. The monoisotopic (exact) mass is 245 g/mol. The molecule has 1 aliphatic rings. The number of imidazole rings is 1. The minimum atomic E-state index is 0.668. The summed E-state index contributed by atoms with van der Waals surface area (Å²) < 4.78 is 11.0. The molecule has 1 N–H and O–H groups in total. The number of aromatic nitrogens is 2. The lowest BCUT2D eigenvalue weighted by Crippen LogP contribution is -2.32. The van der Waals surface area contributed by atoms with Gasteiger partial charge in [0.05, 0.1) is 37.9 Å². The Labute approximate surface area is 105 Å². The summed E-state index contributed by atoms with van der Waals surface area (Å²) in [5.74, 6) is 1.60. The third-order valence-corrected chi connectivity index (χ3v) is 3.04. The molecule has 1 aliphatic heterocycles. The molecule has 5 nitrogen and oxygen atoms in total. The van der Waals surface area contributed by atoms with Crippen molar-refractivity contribution in [1.82, 2.24) is 9.97 Å². The number of hydrogen-bond donors (Lipinski definition) is 1. The first-order chi connectivity index (χ1) is 8.88. The normalized spacial score (nSPS) is 13.9. The van der Waals surface area contributed by atoms with Crippen LogP contribution in [0.3, 0.4) is 0 Å². The van der Waals surface area contributed by atoms with Crippen LogP contribution in [0.4, 0.5) is 5.69 Å². The number of para-hydroxylation sites is 1. The Morgan fingerprint density at radius 2 is 2.44 bits per heavy atom. The molecule has 0 spiro atoms. The van der Waals surface area contributed by atoms with E-state index in [4.69, 9.17) is 9.47 Å². The zero-order valence-corrected chi connectivity index (χ0v) is 10.2. The highest BCUT2D eigenvalue weighted by atomic mass is 16.5. The highest BCUT2D eigenvalue weighted by Crippen LogP contribution is 2.39. The molecule has 0 saturated heterocycles. The van der Waals surface area contributed by atoms with E-state index in [-0.39, 0.29) is 0 Å². The van der Waals surface area contributed by atoms with Crippen molar-refractivity contribution in [1.29, 1.82) is 0 Å². The van der Waals surface area contributed by atoms with Gasteiger partial charge in [-0.15, -0.1) is 0 Å². The number of nitrogens with one attached hydrogen (secondary N) is 1. The number of H-pyrrole nitrogens is 1. The Balaban J connectivity index is 1.92. The zero-order valence-electron chi connectivity index (χ0n) is 10.2. The summed E-state index contributed by atoms with van der Waals surface area (Å²) in [4.78, 5) is 9.42. The van der Waals surface area contributed by atoms with Gasteiger partial charge in [0.2, 0.25) is 0 Å². The number of hydrogen-bond acceptors (Lipinski definition) is 4. The number of rotatable bonds is 3. The second-order valence-electron chi connectivity index (χ2n) is 4.16. The van der Waals surface area contributed by atoms with E-state index < -0.39 is 0 Å². The van der Waals surface area contributed by atoms with Gasteiger partial charge in [-0.05, 0) is 12.1 Å². The number of ether oxygens (including phenoxy) is 2. The first kappa shape index (κ1) is 11.0. The van der Waals surface area contributed by atoms with Crippen molar-refractivity contribution >= 4 is 5.69 Å². The lowest BCUT2D eigenvalue weighted by Gasteiger charge is -2.31. The lowest BCUT2D eigenvalue weighted by molar-refractivity contribution is 0.285. The Morgan fingerprint density at radius 1 is 1.50 bits per heavy atom. The van der Waals surface area contributed by atoms with Gasteiger partial charge in [-0.2, -0.15) is 0 Å². The molecule has 3 rings (SSSR count). The van der Waals surface area contributed by atoms with Gasteiger partial charge in [-0.1, -0.05) is 6.07 Å². The topological polar surface area (TPSA) is 50.4 Å². The molecule has 0 saturated carbocycles. The minimum Gasteiger partial charge on any atom is -0.493 e. The molecular weight excluding hydrogens is 230 g/mol. The molecule has 94 valence electrons. The maximum atomic E-state index is 5.70. The number of benzene rings is 1. The van der Waals surface area contributed by atoms with E-state index in [0.717, 1.165) is 36.0 Å². The number of aromatic amines is 1. The average molecular weight is 245 g/mol. The van der Waals surface area contributed by atoms with Crippen LogP contribution in [0.2, 0.25) is 0 Å². The summed E-state index contributed by atoms with van der Waals surface area (Å²) in [6.07, 6.45) is 3.54. The van der Waals surface area contributed by atoms with Crippen molar-refractivity contribution in [2.24, 2.45) is 0 Å². The maximum Gasteiger partial charge on any atom is 0.184 e. The Kier molecular flexibility index (Phi) is 2.80. The van der Waals surface area contributed by atoms with Crippen LogP contribution in [-0.2, 0) is 6.54 Å². The van der Waals surface area contributed by atoms with Crippen LogP contribution in [0.15, 0.2) is 30.7 Å². The van der Waals surface area contributed by atoms with Crippen molar-refractivity contribution in [2.45, 2.75) is 6.54 Å². The third kappa shape index (κ3) is 1.88. The molecular formula is C13H15N3O2. The van der Waals surface area contributed by atoms with Crippen LogP contribution in [0.5, 0.6) is 11.5 Å². The summed E-state index contributed by atoms with van der Waals surface area (Å²) in [5.41, 5.74) is 2.15. The van der Waals surface area contributed by atoms with Gasteiger partial charge in [0, 0.05) is 6.20 Å². The fourth-order valence-corrected chi connectivity index (χ4v) is 2.18. The number of methoxy groups -OCH3 is 1. The quantitative estimate of drug-likeness (QED) is 0.896. The Bertz CT molecular complexity index is 525. The molecule has 0 fully saturated rings. The van der Waals surface area contributed by atoms with Gasteiger partial charge in [0.1, 0.15) is 6.61 Å². The van der Waals surface area contributed by atoms with E-state index in [1.165, 1.54) is 0 Å². The molecule has 18 heavy (non-hydrogen) atoms. The van der Waals surface area contributed by atoms with E-state index in [0.29, 0.717) is 6.61 Å². The second kappa shape index (κ2) is 4.60. The van der Waals surface area contributed by atoms with Crippen LogP contribution in [-0.4, -0.2) is 30.2 Å². The zero-order chi connectivity index (χ0) is 12.4. The molecule has 0 unspecified atom stereocenters. The molecule has 2 aromatic rings. The Hall–Kier alpha value is -2.17. The van der Waals surface area contributed by atoms with Gasteiger partial charge >= 0.3 is 0 Å². The largest absolute Gasteiger partial charge is 0.493 e. The summed E-state index contributed by atoms with van der Waals surface area (Å²) in [5, 5.41) is 0. The predicted octanol–water partition coefficient (Wildman–Crippen LogP) is 1.82. The SMILES string of the molecule is COc1cccc2c1OCCN2Cc1cnc[nH]1. The smallest absolute Gasteiger partial charge is 0.184 e. The van der Waals surface area contributed by atoms with Crippen LogP contribution in [0.1, 0.15) is 5.69 Å². The van der Waals surface area contributed by atoms with Crippen molar-refractivity contribution in [3.63, 3.8) is 0 Å². The van der Waals surface area contributed by atoms with Gasteiger partial charge in [-0.25, -0.2) is 4.98 Å². The third-order valence-electron chi connectivity index (χ3n) is 3.04. The van der Waals surface area contributed by atoms with E-state index in [1.807, 2.05) is 24.4 Å². The predicted molar refractivity (Wildman–Crippen MR) is 68.1 cm³/mol. The van der Waals surface area contributed by atoms with Gasteiger partial charge in [-0.3, -0.25) is 0 Å². The molecule has 0 radical (unpaired) electrons. The molecule has 0 bridgehead atoms. The van der Waals surface area contributed by atoms with E-state index in [9.17, 15) is 0 Å². The van der Waals surface area contributed by atoms with E-state index >= 15 is 0 Å². The van der Waals surface area contributed by atoms with Crippen molar-refractivity contribution < 1.29 is 9.47 Å². The molecule has 2 heterocycles. The van der Waals surface area contributed by atoms with Crippen LogP contribution in [0, 0.1) is 0 Å². The summed E-state index contributed by atoms with van der Waals surface area (Å²) in [7, 11) is 1.66. The van der Waals surface area contributed by atoms with Gasteiger partial charge in [0.25, 0.3) is 0 Å². The fourth-order valence-electron chi connectivity index (χ4n) is 2.18.